The molecule has 0 unspecified atom stereocenters. The van der Waals surface area contributed by atoms with Gasteiger partial charge in [-0.1, -0.05) is 0 Å². The Hall–Kier alpha value is -0.0300. The normalized spacial score (nSPS) is 12.7. The van der Waals surface area contributed by atoms with Gasteiger partial charge in [0.15, 0.2) is 0 Å². The van der Waals surface area contributed by atoms with Crippen molar-refractivity contribution in [1.82, 2.24) is 0 Å². The van der Waals surface area contributed by atoms with Gasteiger partial charge in [0.2, 0.25) is 5.78 Å². The van der Waals surface area contributed by atoms with Crippen LogP contribution in [0.3, 0.4) is 0 Å². The van der Waals surface area contributed by atoms with Crippen LogP contribution in [0.1, 0.15) is 0 Å². The molecule has 0 radical (unpaired) electrons. The summed E-state index contributed by atoms with van der Waals surface area (Å²) in [6, 6.07) is 0. The minimum absolute atomic E-state index is 0.0995. The van der Waals surface area contributed by atoms with Crippen molar-refractivity contribution in [2.45, 2.75) is 0 Å². The van der Waals surface area contributed by atoms with Crippen molar-refractivity contribution < 1.29 is 14.7 Å². The Kier molecular flexibility index (Phi) is 3.38. The molecule has 3 nitrogen and oxygen atoms in total. The first kappa shape index (κ1) is 9.97. The zero-order chi connectivity index (χ0) is 8.36. The van der Waals surface area contributed by atoms with Crippen molar-refractivity contribution in [2.24, 2.45) is 0 Å². The summed E-state index contributed by atoms with van der Waals surface area (Å²) in [5.41, 5.74) is 0. The Balaban J connectivity index is 3.93. The summed E-state index contributed by atoms with van der Waals surface area (Å²) in [6.45, 7) is 0. The molecule has 0 amide bonds. The van der Waals surface area contributed by atoms with Crippen LogP contribution in [-0.2, 0) is 9.59 Å². The van der Waals surface area contributed by atoms with Crippen LogP contribution >= 0.6 is 23.3 Å². The molecule has 10 heavy (non-hydrogen) atoms. The van der Waals surface area contributed by atoms with Crippen molar-refractivity contribution in [1.29, 1.82) is 0 Å². The molecule has 5 heteroatoms. The lowest BCUT2D eigenvalue weighted by atomic mass is 10.5. The summed E-state index contributed by atoms with van der Waals surface area (Å²) in [5.74, 6) is -1.97. The molecule has 0 aliphatic carbocycles. The average Bonchev–Trinajstić information content (AvgIpc) is 1.60. The van der Waals surface area contributed by atoms with E-state index in [4.69, 9.17) is 5.11 Å². The Labute approximate surface area is 68.3 Å². The molecule has 60 valence electrons. The molecule has 0 bridgehead atoms. The summed E-state index contributed by atoms with van der Waals surface area (Å²) >= 11 is 3.25. The van der Waals surface area contributed by atoms with Crippen LogP contribution < -0.4 is 0 Å². The quantitative estimate of drug-likeness (QED) is 0.735. The molecule has 1 N–H and O–H groups in total. The van der Waals surface area contributed by atoms with Gasteiger partial charge in [-0.3, -0.25) is 4.79 Å². The van der Waals surface area contributed by atoms with Crippen LogP contribution in [0.5, 0.6) is 0 Å². The van der Waals surface area contributed by atoms with E-state index in [2.05, 4.69) is 14.8 Å². The molecule has 0 fully saturated rings. The number of carbonyl (C=O) groups excluding carboxylic acids is 1. The van der Waals surface area contributed by atoms with E-state index in [1.165, 1.54) is 0 Å². The molecule has 0 aromatic carbocycles. The maximum absolute atomic E-state index is 10.5. The molecule has 0 aromatic rings. The van der Waals surface area contributed by atoms with Crippen LogP contribution in [0.25, 0.3) is 0 Å². The third-order valence-electron chi connectivity index (χ3n) is 0.713. The highest BCUT2D eigenvalue weighted by Gasteiger charge is 2.18. The number of ketones is 1. The smallest absolute Gasteiger partial charge is 0.373 e. The van der Waals surface area contributed by atoms with Crippen molar-refractivity contribution in [3.8, 4) is 0 Å². The second kappa shape index (κ2) is 3.39. The summed E-state index contributed by atoms with van der Waals surface area (Å²) in [6.07, 6.45) is 3.65. The van der Waals surface area contributed by atoms with E-state index in [0.29, 0.717) is 0 Å². The molecule has 0 heterocycles. The topological polar surface area (TPSA) is 54.4 Å². The van der Waals surface area contributed by atoms with E-state index in [-0.39, 0.29) is 5.75 Å². The first-order valence-electron chi connectivity index (χ1n) is 2.49. The van der Waals surface area contributed by atoms with E-state index in [1.807, 2.05) is 12.5 Å². The number of Topliss-reactive ketones (excluding diaryl/α,β-unsaturated/α-hetero) is 1. The van der Waals surface area contributed by atoms with Gasteiger partial charge in [-0.05, 0) is 27.3 Å². The van der Waals surface area contributed by atoms with Crippen LogP contribution in [0.4, 0.5) is 0 Å². The highest BCUT2D eigenvalue weighted by atomic mass is 79.9. The van der Waals surface area contributed by atoms with Crippen molar-refractivity contribution in [3.05, 3.63) is 0 Å². The second-order valence-electron chi connectivity index (χ2n) is 2.28. The molecule has 0 saturated carbocycles. The molecule has 0 atom stereocenters. The number of rotatable bonds is 3. The second-order valence-corrected chi connectivity index (χ2v) is 10.6. The summed E-state index contributed by atoms with van der Waals surface area (Å²) < 4.78 is 0. The van der Waals surface area contributed by atoms with Gasteiger partial charge in [0.05, 0.1) is 5.75 Å². The number of carboxylic acids is 1. The van der Waals surface area contributed by atoms with E-state index >= 15 is 0 Å². The van der Waals surface area contributed by atoms with Crippen LogP contribution in [0, 0.1) is 0 Å². The van der Waals surface area contributed by atoms with Gasteiger partial charge >= 0.3 is 5.97 Å². The van der Waals surface area contributed by atoms with Crippen molar-refractivity contribution in [3.63, 3.8) is 0 Å². The number of aliphatic carboxylic acids is 1. The third-order valence-corrected chi connectivity index (χ3v) is 2.35. The summed E-state index contributed by atoms with van der Waals surface area (Å²) in [5, 5.41) is 8.19. The van der Waals surface area contributed by atoms with Gasteiger partial charge in [0, 0.05) is 0 Å². The number of carboxylic acid groups (broad SMARTS) is 1. The number of hydrogen-bond donors (Lipinski definition) is 1. The number of carbonyl (C=O) groups is 2. The molecule has 0 rings (SSSR count). The first-order chi connectivity index (χ1) is 4.33. The maximum Gasteiger partial charge on any atom is 0.373 e. The largest absolute Gasteiger partial charge is 0.475 e. The maximum atomic E-state index is 10.5. The summed E-state index contributed by atoms with van der Waals surface area (Å²) in [4.78, 5) is 20.6. The Morgan fingerprint density at radius 2 is 1.90 bits per heavy atom. The predicted octanol–water partition coefficient (Wildman–Crippen LogP) is 1.01. The van der Waals surface area contributed by atoms with Crippen LogP contribution in [0.2, 0.25) is 0 Å². The number of hydrogen-bond acceptors (Lipinski definition) is 2. The molecule has 0 saturated heterocycles. The predicted molar refractivity (Wildman–Crippen MR) is 45.9 cm³/mol. The standard InChI is InChI=1S/C5H9BrO3S/c1-10(2,6)3-4(7)5(8)9/h3H2,1-2H3,(H,8,9). The van der Waals surface area contributed by atoms with Gasteiger partial charge in [0.1, 0.15) is 0 Å². The molecule has 0 aliphatic rings. The average molecular weight is 229 g/mol. The molecular formula is C5H9BrO3S. The lowest BCUT2D eigenvalue weighted by molar-refractivity contribution is -0.147. The Morgan fingerprint density at radius 3 is 2.00 bits per heavy atom. The molecular weight excluding hydrogens is 220 g/mol. The Bertz CT molecular complexity index is 161. The fourth-order valence-electron chi connectivity index (χ4n) is 0.373. The fraction of sp³-hybridized carbons (Fsp3) is 0.600. The van der Waals surface area contributed by atoms with Crippen LogP contribution in [0.15, 0.2) is 0 Å². The van der Waals surface area contributed by atoms with Gasteiger partial charge in [-0.2, -0.15) is 8.46 Å². The van der Waals surface area contributed by atoms with Crippen molar-refractivity contribution >= 4 is 35.0 Å². The lowest BCUT2D eigenvalue weighted by Crippen LogP contribution is -2.18. The zero-order valence-electron chi connectivity index (χ0n) is 5.76. The monoisotopic (exact) mass is 228 g/mol. The van der Waals surface area contributed by atoms with Gasteiger partial charge in [-0.15, -0.1) is 0 Å². The first-order valence-corrected chi connectivity index (χ1v) is 6.96. The van der Waals surface area contributed by atoms with Gasteiger partial charge < -0.3 is 5.11 Å². The highest BCUT2D eigenvalue weighted by molar-refractivity contribution is 9.58. The SMILES string of the molecule is CS(C)(Br)CC(=O)C(=O)O. The van der Waals surface area contributed by atoms with E-state index in [0.717, 1.165) is 0 Å². The number of halogens is 1. The van der Waals surface area contributed by atoms with E-state index < -0.39 is 20.2 Å². The van der Waals surface area contributed by atoms with E-state index in [9.17, 15) is 9.59 Å². The third kappa shape index (κ3) is 4.81. The minimum atomic E-state index is -1.35. The fourth-order valence-corrected chi connectivity index (χ4v) is 1.74. The van der Waals surface area contributed by atoms with Gasteiger partial charge in [-0.25, -0.2) is 4.79 Å². The molecule has 0 aliphatic heterocycles. The van der Waals surface area contributed by atoms with Crippen molar-refractivity contribution in [2.75, 3.05) is 18.3 Å². The van der Waals surface area contributed by atoms with Crippen LogP contribution in [-0.4, -0.2) is 35.1 Å². The Morgan fingerprint density at radius 1 is 1.50 bits per heavy atom. The summed E-state index contributed by atoms with van der Waals surface area (Å²) in [7, 11) is -1.19. The van der Waals surface area contributed by atoms with E-state index in [1.54, 1.807) is 0 Å². The van der Waals surface area contributed by atoms with Gasteiger partial charge in [0.25, 0.3) is 0 Å². The molecule has 0 aromatic heterocycles. The zero-order valence-corrected chi connectivity index (χ0v) is 8.16. The lowest BCUT2D eigenvalue weighted by Gasteiger charge is -2.19. The highest BCUT2D eigenvalue weighted by Crippen LogP contribution is 2.47. The minimum Gasteiger partial charge on any atom is -0.475 e. The molecule has 0 spiro atoms.